The first-order chi connectivity index (χ1) is 7.63. The summed E-state index contributed by atoms with van der Waals surface area (Å²) in [6, 6.07) is 4.20. The second-order valence-corrected chi connectivity index (χ2v) is 4.34. The normalized spacial score (nSPS) is 12.7. The zero-order chi connectivity index (χ0) is 12.0. The van der Waals surface area contributed by atoms with E-state index in [0.29, 0.717) is 6.04 Å². The highest BCUT2D eigenvalue weighted by Crippen LogP contribution is 1.99. The second-order valence-electron chi connectivity index (χ2n) is 4.34. The van der Waals surface area contributed by atoms with Gasteiger partial charge < -0.3 is 9.88 Å². The van der Waals surface area contributed by atoms with Crippen LogP contribution in [0, 0.1) is 6.92 Å². The van der Waals surface area contributed by atoms with Crippen molar-refractivity contribution in [3.63, 3.8) is 0 Å². The van der Waals surface area contributed by atoms with Crippen molar-refractivity contribution in [2.24, 2.45) is 0 Å². The molecule has 1 rings (SSSR count). The molecule has 0 bridgehead atoms. The van der Waals surface area contributed by atoms with Gasteiger partial charge in [0.25, 0.3) is 5.56 Å². The Bertz CT molecular complexity index is 370. The minimum absolute atomic E-state index is 0.108. The summed E-state index contributed by atoms with van der Waals surface area (Å²) >= 11 is 0. The number of rotatable bonds is 6. The molecule has 1 aromatic heterocycles. The van der Waals surface area contributed by atoms with E-state index in [1.807, 2.05) is 19.2 Å². The molecule has 3 heteroatoms. The fourth-order valence-corrected chi connectivity index (χ4v) is 1.81. The predicted octanol–water partition coefficient (Wildman–Crippen LogP) is 1.93. The van der Waals surface area contributed by atoms with Gasteiger partial charge in [0.05, 0.1) is 0 Å². The maximum atomic E-state index is 11.6. The van der Waals surface area contributed by atoms with Crippen molar-refractivity contribution >= 4 is 0 Å². The van der Waals surface area contributed by atoms with E-state index in [9.17, 15) is 4.79 Å². The van der Waals surface area contributed by atoms with Crippen LogP contribution in [0.15, 0.2) is 23.1 Å². The lowest BCUT2D eigenvalue weighted by molar-refractivity contribution is 0.482. The molecule has 0 saturated carbocycles. The summed E-state index contributed by atoms with van der Waals surface area (Å²) in [6.07, 6.45) is 4.03. The summed E-state index contributed by atoms with van der Waals surface area (Å²) in [5, 5.41) is 3.37. The fraction of sp³-hybridized carbons (Fsp3) is 0.615. The van der Waals surface area contributed by atoms with Gasteiger partial charge in [0.1, 0.15) is 0 Å². The maximum Gasteiger partial charge on any atom is 0.250 e. The molecule has 0 aromatic carbocycles. The van der Waals surface area contributed by atoms with Crippen LogP contribution in [0.1, 0.15) is 32.3 Å². The fourth-order valence-electron chi connectivity index (χ4n) is 1.81. The highest BCUT2D eigenvalue weighted by Gasteiger charge is 2.00. The Balaban J connectivity index is 2.40. The van der Waals surface area contributed by atoms with Gasteiger partial charge in [-0.1, -0.05) is 6.92 Å². The first kappa shape index (κ1) is 13.0. The van der Waals surface area contributed by atoms with Crippen LogP contribution in [0.25, 0.3) is 0 Å². The molecule has 1 atom stereocenters. The SMILES string of the molecule is CCNC(C)CCCn1ccc(C)cc1=O. The van der Waals surface area contributed by atoms with Gasteiger partial charge in [-0.25, -0.2) is 0 Å². The number of nitrogens with zero attached hydrogens (tertiary/aromatic N) is 1. The summed E-state index contributed by atoms with van der Waals surface area (Å²) in [4.78, 5) is 11.6. The van der Waals surface area contributed by atoms with Gasteiger partial charge in [-0.3, -0.25) is 4.79 Å². The zero-order valence-electron chi connectivity index (χ0n) is 10.5. The van der Waals surface area contributed by atoms with Gasteiger partial charge in [-0.15, -0.1) is 0 Å². The van der Waals surface area contributed by atoms with Crippen molar-refractivity contribution in [2.45, 2.75) is 46.2 Å². The molecule has 0 radical (unpaired) electrons. The first-order valence-corrected chi connectivity index (χ1v) is 6.04. The quantitative estimate of drug-likeness (QED) is 0.798. The van der Waals surface area contributed by atoms with Crippen molar-refractivity contribution in [3.05, 3.63) is 34.2 Å². The summed E-state index contributed by atoms with van der Waals surface area (Å²) in [6.45, 7) is 8.06. The van der Waals surface area contributed by atoms with E-state index in [0.717, 1.165) is 31.5 Å². The molecule has 1 aromatic rings. The second kappa shape index (κ2) is 6.48. The van der Waals surface area contributed by atoms with E-state index in [4.69, 9.17) is 0 Å². The van der Waals surface area contributed by atoms with Crippen molar-refractivity contribution in [1.29, 1.82) is 0 Å². The molecule has 1 unspecified atom stereocenters. The molecule has 90 valence electrons. The molecular formula is C13H22N2O. The third kappa shape index (κ3) is 4.19. The van der Waals surface area contributed by atoms with Crippen LogP contribution in [0.5, 0.6) is 0 Å². The molecule has 0 amide bonds. The molecule has 0 aliphatic carbocycles. The lowest BCUT2D eigenvalue weighted by Crippen LogP contribution is -2.26. The topological polar surface area (TPSA) is 34.0 Å². The number of nitrogens with one attached hydrogen (secondary N) is 1. The molecule has 16 heavy (non-hydrogen) atoms. The van der Waals surface area contributed by atoms with E-state index in [1.54, 1.807) is 10.6 Å². The number of pyridine rings is 1. The standard InChI is InChI=1S/C13H22N2O/c1-4-14-12(3)6-5-8-15-9-7-11(2)10-13(15)16/h7,9-10,12,14H,4-6,8H2,1-3H3. The maximum absolute atomic E-state index is 11.6. The van der Waals surface area contributed by atoms with Crippen LogP contribution >= 0.6 is 0 Å². The van der Waals surface area contributed by atoms with Crippen LogP contribution < -0.4 is 10.9 Å². The average molecular weight is 222 g/mol. The van der Waals surface area contributed by atoms with Crippen LogP contribution in [0.4, 0.5) is 0 Å². The lowest BCUT2D eigenvalue weighted by atomic mass is 10.2. The molecular weight excluding hydrogens is 200 g/mol. The molecule has 1 heterocycles. The van der Waals surface area contributed by atoms with Crippen LogP contribution in [0.2, 0.25) is 0 Å². The third-order valence-electron chi connectivity index (χ3n) is 2.74. The highest BCUT2D eigenvalue weighted by atomic mass is 16.1. The minimum atomic E-state index is 0.108. The summed E-state index contributed by atoms with van der Waals surface area (Å²) in [5.41, 5.74) is 1.14. The molecule has 3 nitrogen and oxygen atoms in total. The van der Waals surface area contributed by atoms with Crippen molar-refractivity contribution in [3.8, 4) is 0 Å². The minimum Gasteiger partial charge on any atom is -0.316 e. The molecule has 0 fully saturated rings. The van der Waals surface area contributed by atoms with Crippen LogP contribution in [-0.4, -0.2) is 17.2 Å². The predicted molar refractivity (Wildman–Crippen MR) is 67.8 cm³/mol. The van der Waals surface area contributed by atoms with Crippen molar-refractivity contribution < 1.29 is 0 Å². The van der Waals surface area contributed by atoms with E-state index in [-0.39, 0.29) is 5.56 Å². The van der Waals surface area contributed by atoms with Gasteiger partial charge in [-0.2, -0.15) is 0 Å². The van der Waals surface area contributed by atoms with Gasteiger partial charge >= 0.3 is 0 Å². The summed E-state index contributed by atoms with van der Waals surface area (Å²) in [5.74, 6) is 0. The van der Waals surface area contributed by atoms with Gasteiger partial charge in [0.15, 0.2) is 0 Å². The third-order valence-corrected chi connectivity index (χ3v) is 2.74. The van der Waals surface area contributed by atoms with Gasteiger partial charge in [-0.05, 0) is 44.9 Å². The van der Waals surface area contributed by atoms with Gasteiger partial charge in [0.2, 0.25) is 0 Å². The number of aromatic nitrogens is 1. The average Bonchev–Trinajstić information content (AvgIpc) is 2.22. The molecule has 0 spiro atoms. The smallest absolute Gasteiger partial charge is 0.250 e. The Labute approximate surface area is 97.5 Å². The van der Waals surface area contributed by atoms with Gasteiger partial charge in [0, 0.05) is 24.8 Å². The Morgan fingerprint density at radius 3 is 2.88 bits per heavy atom. The zero-order valence-corrected chi connectivity index (χ0v) is 10.5. The van der Waals surface area contributed by atoms with E-state index < -0.39 is 0 Å². The van der Waals surface area contributed by atoms with Crippen LogP contribution in [-0.2, 0) is 6.54 Å². The monoisotopic (exact) mass is 222 g/mol. The highest BCUT2D eigenvalue weighted by molar-refractivity contribution is 5.07. The van der Waals surface area contributed by atoms with Crippen molar-refractivity contribution in [2.75, 3.05) is 6.54 Å². The number of hydrogen-bond acceptors (Lipinski definition) is 2. The Morgan fingerprint density at radius 1 is 1.50 bits per heavy atom. The molecule has 0 aliphatic heterocycles. The van der Waals surface area contributed by atoms with E-state index >= 15 is 0 Å². The first-order valence-electron chi connectivity index (χ1n) is 6.04. The molecule has 0 aliphatic rings. The van der Waals surface area contributed by atoms with Crippen molar-refractivity contribution in [1.82, 2.24) is 9.88 Å². The number of aryl methyl sites for hydroxylation is 2. The Kier molecular flexibility index (Phi) is 5.26. The molecule has 0 saturated heterocycles. The molecule has 1 N–H and O–H groups in total. The Hall–Kier alpha value is -1.09. The lowest BCUT2D eigenvalue weighted by Gasteiger charge is -2.12. The number of hydrogen-bond donors (Lipinski definition) is 1. The largest absolute Gasteiger partial charge is 0.316 e. The van der Waals surface area contributed by atoms with E-state index in [2.05, 4.69) is 19.2 Å². The van der Waals surface area contributed by atoms with E-state index in [1.165, 1.54) is 0 Å². The summed E-state index contributed by atoms with van der Waals surface area (Å²) in [7, 11) is 0. The Morgan fingerprint density at radius 2 is 2.25 bits per heavy atom. The summed E-state index contributed by atoms with van der Waals surface area (Å²) < 4.78 is 1.78. The van der Waals surface area contributed by atoms with Crippen LogP contribution in [0.3, 0.4) is 0 Å².